The number of benzene rings is 1. The maximum atomic E-state index is 11.9. The number of nitrogens with one attached hydrogen (secondary N) is 2. The molecular formula is C17H20N4O4. The lowest BCUT2D eigenvalue weighted by Gasteiger charge is -2.19. The summed E-state index contributed by atoms with van der Waals surface area (Å²) in [6, 6.07) is 5.55. The molecule has 0 fully saturated rings. The van der Waals surface area contributed by atoms with Crippen LogP contribution in [0.4, 0.5) is 11.5 Å². The number of hydrogen-bond acceptors (Lipinski definition) is 7. The first-order chi connectivity index (χ1) is 12.3. The van der Waals surface area contributed by atoms with Crippen LogP contribution in [0.1, 0.15) is 16.9 Å². The van der Waals surface area contributed by atoms with Crippen molar-refractivity contribution in [2.75, 3.05) is 38.8 Å². The minimum absolute atomic E-state index is 0.255. The molecule has 0 radical (unpaired) electrons. The second-order valence-corrected chi connectivity index (χ2v) is 5.37. The van der Waals surface area contributed by atoms with Crippen LogP contribution < -0.4 is 20.1 Å². The zero-order valence-electron chi connectivity index (χ0n) is 13.9. The number of amides is 1. The summed E-state index contributed by atoms with van der Waals surface area (Å²) in [5.74, 6) is 1.70. The van der Waals surface area contributed by atoms with Gasteiger partial charge in [0.25, 0.3) is 5.91 Å². The predicted molar refractivity (Wildman–Crippen MR) is 91.6 cm³/mol. The van der Waals surface area contributed by atoms with E-state index in [9.17, 15) is 4.79 Å². The fraction of sp³-hybridized carbons (Fsp3) is 0.353. The standard InChI is InChI=1S/C17H20N4O4/c1-23-6-2-5-18-17(22)13-10-20-16(11-19-13)21-12-3-4-14-15(9-12)25-8-7-24-14/h3-4,9-11H,2,5-8H2,1H3,(H,18,22)(H,20,21). The molecule has 8 heteroatoms. The number of rotatable bonds is 7. The summed E-state index contributed by atoms with van der Waals surface area (Å²) < 4.78 is 16.0. The Bertz CT molecular complexity index is 721. The first-order valence-corrected chi connectivity index (χ1v) is 8.02. The van der Waals surface area contributed by atoms with Crippen LogP contribution >= 0.6 is 0 Å². The molecular weight excluding hydrogens is 324 g/mol. The number of carbonyl (C=O) groups is 1. The van der Waals surface area contributed by atoms with Crippen molar-refractivity contribution in [1.82, 2.24) is 15.3 Å². The maximum Gasteiger partial charge on any atom is 0.271 e. The third kappa shape index (κ3) is 4.57. The highest BCUT2D eigenvalue weighted by Crippen LogP contribution is 2.33. The van der Waals surface area contributed by atoms with Crippen LogP contribution in [0.15, 0.2) is 30.6 Å². The molecule has 25 heavy (non-hydrogen) atoms. The number of carbonyl (C=O) groups excluding carboxylic acids is 1. The minimum Gasteiger partial charge on any atom is -0.486 e. The SMILES string of the molecule is COCCCNC(=O)c1cnc(Nc2ccc3c(c2)OCCO3)cn1. The molecule has 8 nitrogen and oxygen atoms in total. The van der Waals surface area contributed by atoms with Gasteiger partial charge in [-0.05, 0) is 18.6 Å². The van der Waals surface area contributed by atoms with Crippen LogP contribution in [0, 0.1) is 0 Å². The monoisotopic (exact) mass is 344 g/mol. The highest BCUT2D eigenvalue weighted by Gasteiger charge is 2.12. The molecule has 2 heterocycles. The van der Waals surface area contributed by atoms with Gasteiger partial charge in [-0.1, -0.05) is 0 Å². The molecule has 1 aliphatic heterocycles. The van der Waals surface area contributed by atoms with Crippen molar-refractivity contribution in [3.05, 3.63) is 36.3 Å². The quantitative estimate of drug-likeness (QED) is 0.739. The van der Waals surface area contributed by atoms with Crippen molar-refractivity contribution < 1.29 is 19.0 Å². The number of ether oxygens (including phenoxy) is 3. The van der Waals surface area contributed by atoms with E-state index >= 15 is 0 Å². The Hall–Kier alpha value is -2.87. The van der Waals surface area contributed by atoms with E-state index < -0.39 is 0 Å². The van der Waals surface area contributed by atoms with E-state index in [2.05, 4.69) is 20.6 Å². The third-order valence-electron chi connectivity index (χ3n) is 3.51. The number of hydrogen-bond donors (Lipinski definition) is 2. The molecule has 3 rings (SSSR count). The average Bonchev–Trinajstić information content (AvgIpc) is 2.65. The summed E-state index contributed by atoms with van der Waals surface area (Å²) in [7, 11) is 1.63. The summed E-state index contributed by atoms with van der Waals surface area (Å²) in [5, 5.41) is 5.89. The van der Waals surface area contributed by atoms with Crippen molar-refractivity contribution >= 4 is 17.4 Å². The van der Waals surface area contributed by atoms with E-state index in [1.54, 1.807) is 7.11 Å². The van der Waals surface area contributed by atoms with Gasteiger partial charge >= 0.3 is 0 Å². The summed E-state index contributed by atoms with van der Waals surface area (Å²) in [6.07, 6.45) is 3.70. The smallest absolute Gasteiger partial charge is 0.271 e. The van der Waals surface area contributed by atoms with E-state index in [0.717, 1.165) is 17.9 Å². The summed E-state index contributed by atoms with van der Waals surface area (Å²) in [5.41, 5.74) is 1.07. The van der Waals surface area contributed by atoms with Crippen molar-refractivity contribution in [3.8, 4) is 11.5 Å². The van der Waals surface area contributed by atoms with E-state index in [0.29, 0.717) is 37.9 Å². The van der Waals surface area contributed by atoms with E-state index in [4.69, 9.17) is 14.2 Å². The zero-order valence-corrected chi connectivity index (χ0v) is 13.9. The fourth-order valence-corrected chi connectivity index (χ4v) is 2.29. The molecule has 0 bridgehead atoms. The van der Waals surface area contributed by atoms with Gasteiger partial charge in [-0.3, -0.25) is 4.79 Å². The van der Waals surface area contributed by atoms with Gasteiger partial charge < -0.3 is 24.8 Å². The van der Waals surface area contributed by atoms with Crippen molar-refractivity contribution in [3.63, 3.8) is 0 Å². The Morgan fingerprint density at radius 3 is 2.80 bits per heavy atom. The van der Waals surface area contributed by atoms with Crippen LogP contribution in [-0.4, -0.2) is 49.4 Å². The van der Waals surface area contributed by atoms with Gasteiger partial charge in [0, 0.05) is 32.0 Å². The fourth-order valence-electron chi connectivity index (χ4n) is 2.29. The molecule has 2 aromatic rings. The Morgan fingerprint density at radius 1 is 1.20 bits per heavy atom. The first-order valence-electron chi connectivity index (χ1n) is 8.02. The highest BCUT2D eigenvalue weighted by atomic mass is 16.6. The molecule has 1 amide bonds. The van der Waals surface area contributed by atoms with Crippen molar-refractivity contribution in [2.45, 2.75) is 6.42 Å². The lowest BCUT2D eigenvalue weighted by Crippen LogP contribution is -2.26. The van der Waals surface area contributed by atoms with Crippen LogP contribution in [0.5, 0.6) is 11.5 Å². The second kappa shape index (κ2) is 8.29. The summed E-state index contributed by atoms with van der Waals surface area (Å²) in [4.78, 5) is 20.3. The van der Waals surface area contributed by atoms with Crippen LogP contribution in [0.2, 0.25) is 0 Å². The molecule has 0 spiro atoms. The van der Waals surface area contributed by atoms with Crippen LogP contribution in [-0.2, 0) is 4.74 Å². The maximum absolute atomic E-state index is 11.9. The molecule has 1 aromatic carbocycles. The lowest BCUT2D eigenvalue weighted by molar-refractivity contribution is 0.0943. The molecule has 1 aromatic heterocycles. The second-order valence-electron chi connectivity index (χ2n) is 5.37. The van der Waals surface area contributed by atoms with E-state index in [1.165, 1.54) is 12.4 Å². The van der Waals surface area contributed by atoms with Crippen molar-refractivity contribution in [1.29, 1.82) is 0 Å². The summed E-state index contributed by atoms with van der Waals surface area (Å²) in [6.45, 7) is 2.22. The number of anilines is 2. The van der Waals surface area contributed by atoms with Gasteiger partial charge in [0.1, 0.15) is 24.7 Å². The molecule has 132 valence electrons. The van der Waals surface area contributed by atoms with Gasteiger partial charge in [-0.15, -0.1) is 0 Å². The molecule has 0 atom stereocenters. The third-order valence-corrected chi connectivity index (χ3v) is 3.51. The molecule has 0 unspecified atom stereocenters. The van der Waals surface area contributed by atoms with Gasteiger partial charge in [0.2, 0.25) is 0 Å². The highest BCUT2D eigenvalue weighted by molar-refractivity contribution is 5.92. The Kier molecular flexibility index (Phi) is 5.63. The summed E-state index contributed by atoms with van der Waals surface area (Å²) >= 11 is 0. The predicted octanol–water partition coefficient (Wildman–Crippen LogP) is 1.76. The van der Waals surface area contributed by atoms with E-state index in [1.807, 2.05) is 18.2 Å². The number of aromatic nitrogens is 2. The van der Waals surface area contributed by atoms with Gasteiger partial charge in [0.15, 0.2) is 11.5 Å². The zero-order chi connectivity index (χ0) is 17.5. The average molecular weight is 344 g/mol. The molecule has 0 saturated carbocycles. The topological polar surface area (TPSA) is 94.6 Å². The molecule has 0 saturated heterocycles. The van der Waals surface area contributed by atoms with Gasteiger partial charge in [-0.25, -0.2) is 9.97 Å². The molecule has 1 aliphatic rings. The van der Waals surface area contributed by atoms with Gasteiger partial charge in [-0.2, -0.15) is 0 Å². The Labute approximate surface area is 145 Å². The van der Waals surface area contributed by atoms with Gasteiger partial charge in [0.05, 0.1) is 12.4 Å². The van der Waals surface area contributed by atoms with Crippen LogP contribution in [0.25, 0.3) is 0 Å². The Balaban J connectivity index is 1.58. The van der Waals surface area contributed by atoms with E-state index in [-0.39, 0.29) is 11.6 Å². The van der Waals surface area contributed by atoms with Crippen molar-refractivity contribution in [2.24, 2.45) is 0 Å². The molecule has 2 N–H and O–H groups in total. The lowest BCUT2D eigenvalue weighted by atomic mass is 10.2. The number of methoxy groups -OCH3 is 1. The largest absolute Gasteiger partial charge is 0.486 e. The molecule has 0 aliphatic carbocycles. The normalized spacial score (nSPS) is 12.5. The minimum atomic E-state index is -0.255. The van der Waals surface area contributed by atoms with Crippen LogP contribution in [0.3, 0.4) is 0 Å². The number of nitrogens with zero attached hydrogens (tertiary/aromatic N) is 2. The Morgan fingerprint density at radius 2 is 2.04 bits per heavy atom. The first kappa shape index (κ1) is 17.0. The number of fused-ring (bicyclic) bond motifs is 1.